The van der Waals surface area contributed by atoms with Crippen molar-refractivity contribution in [1.82, 2.24) is 0 Å². The summed E-state index contributed by atoms with van der Waals surface area (Å²) in [5.74, 6) is 0.181. The summed E-state index contributed by atoms with van der Waals surface area (Å²) in [6.07, 6.45) is 2.95. The Morgan fingerprint density at radius 1 is 1.00 bits per heavy atom. The average molecular weight is 354 g/mol. The molecule has 0 aliphatic heterocycles. The lowest BCUT2D eigenvalue weighted by atomic mass is 10.0. The molecule has 0 heterocycles. The first-order valence-electron chi connectivity index (χ1n) is 7.91. The molecule has 132 valence electrons. The SMILES string of the molecule is COc1ccc(/C=C/C(=O)c2ccc3ccccc3c2OC(F)F)cc1. The van der Waals surface area contributed by atoms with E-state index in [4.69, 9.17) is 4.74 Å². The molecule has 0 spiro atoms. The normalized spacial score (nSPS) is 11.2. The number of hydrogen-bond acceptors (Lipinski definition) is 3. The van der Waals surface area contributed by atoms with Gasteiger partial charge in [-0.1, -0.05) is 48.5 Å². The molecule has 3 aromatic rings. The molecule has 26 heavy (non-hydrogen) atoms. The van der Waals surface area contributed by atoms with Crippen LogP contribution in [0.3, 0.4) is 0 Å². The standard InChI is InChI=1S/C21H16F2O3/c1-25-16-10-6-14(7-11-16)8-13-19(24)18-12-9-15-4-2-3-5-17(15)20(18)26-21(22)23/h2-13,21H,1H3/b13-8+. The molecule has 0 radical (unpaired) electrons. The van der Waals surface area contributed by atoms with Gasteiger partial charge in [0.15, 0.2) is 5.78 Å². The Morgan fingerprint density at radius 2 is 1.73 bits per heavy atom. The van der Waals surface area contributed by atoms with Gasteiger partial charge in [-0.15, -0.1) is 0 Å². The minimum atomic E-state index is -3.02. The summed E-state index contributed by atoms with van der Waals surface area (Å²) in [5.41, 5.74) is 0.880. The third-order valence-electron chi connectivity index (χ3n) is 3.89. The van der Waals surface area contributed by atoms with Crippen LogP contribution < -0.4 is 9.47 Å². The minimum Gasteiger partial charge on any atom is -0.497 e. The predicted octanol–water partition coefficient (Wildman–Crippen LogP) is 5.35. The van der Waals surface area contributed by atoms with Crippen molar-refractivity contribution in [3.63, 3.8) is 0 Å². The smallest absolute Gasteiger partial charge is 0.387 e. The van der Waals surface area contributed by atoms with Gasteiger partial charge >= 0.3 is 6.61 Å². The van der Waals surface area contributed by atoms with E-state index in [-0.39, 0.29) is 11.3 Å². The molecule has 0 aromatic heterocycles. The van der Waals surface area contributed by atoms with Crippen molar-refractivity contribution in [3.05, 3.63) is 77.9 Å². The first kappa shape index (κ1) is 17.6. The number of hydrogen-bond donors (Lipinski definition) is 0. The van der Waals surface area contributed by atoms with Gasteiger partial charge in [0, 0.05) is 5.39 Å². The molecule has 0 atom stereocenters. The zero-order valence-electron chi connectivity index (χ0n) is 14.0. The van der Waals surface area contributed by atoms with E-state index >= 15 is 0 Å². The van der Waals surface area contributed by atoms with Gasteiger partial charge in [-0.2, -0.15) is 8.78 Å². The Morgan fingerprint density at radius 3 is 2.42 bits per heavy atom. The summed E-state index contributed by atoms with van der Waals surface area (Å²) in [6, 6.07) is 17.3. The van der Waals surface area contributed by atoms with Crippen molar-refractivity contribution in [1.29, 1.82) is 0 Å². The van der Waals surface area contributed by atoms with Crippen LogP contribution in [0.15, 0.2) is 66.7 Å². The quantitative estimate of drug-likeness (QED) is 0.442. The first-order valence-corrected chi connectivity index (χ1v) is 7.91. The summed E-state index contributed by atoms with van der Waals surface area (Å²) in [5, 5.41) is 1.19. The van der Waals surface area contributed by atoms with E-state index in [1.807, 2.05) is 0 Å². The van der Waals surface area contributed by atoms with E-state index in [0.29, 0.717) is 11.1 Å². The second kappa shape index (κ2) is 7.78. The largest absolute Gasteiger partial charge is 0.497 e. The van der Waals surface area contributed by atoms with Gasteiger partial charge in [0.25, 0.3) is 0 Å². The van der Waals surface area contributed by atoms with Crippen LogP contribution >= 0.6 is 0 Å². The molecule has 0 N–H and O–H groups in total. The molecule has 0 aliphatic rings. The maximum Gasteiger partial charge on any atom is 0.387 e. The lowest BCUT2D eigenvalue weighted by molar-refractivity contribution is -0.0490. The number of halogens is 2. The van der Waals surface area contributed by atoms with Gasteiger partial charge in [-0.25, -0.2) is 0 Å². The number of rotatable bonds is 6. The second-order valence-corrected chi connectivity index (χ2v) is 5.51. The van der Waals surface area contributed by atoms with E-state index in [2.05, 4.69) is 4.74 Å². The highest BCUT2D eigenvalue weighted by atomic mass is 19.3. The van der Waals surface area contributed by atoms with Crippen LogP contribution in [0.1, 0.15) is 15.9 Å². The molecule has 0 saturated heterocycles. The number of ketones is 1. The zero-order valence-corrected chi connectivity index (χ0v) is 14.0. The highest BCUT2D eigenvalue weighted by Gasteiger charge is 2.17. The molecule has 0 fully saturated rings. The predicted molar refractivity (Wildman–Crippen MR) is 96.9 cm³/mol. The lowest BCUT2D eigenvalue weighted by Gasteiger charge is -2.12. The maximum atomic E-state index is 12.9. The van der Waals surface area contributed by atoms with Crippen molar-refractivity contribution in [2.45, 2.75) is 6.61 Å². The Hall–Kier alpha value is -3.21. The zero-order chi connectivity index (χ0) is 18.5. The number of benzene rings is 3. The average Bonchev–Trinajstić information content (AvgIpc) is 2.66. The van der Waals surface area contributed by atoms with Gasteiger partial charge in [-0.05, 0) is 35.2 Å². The fourth-order valence-corrected chi connectivity index (χ4v) is 2.63. The number of methoxy groups -OCH3 is 1. The van der Waals surface area contributed by atoms with Crippen molar-refractivity contribution >= 4 is 22.6 Å². The molecule has 3 aromatic carbocycles. The van der Waals surface area contributed by atoms with E-state index in [1.165, 1.54) is 12.1 Å². The van der Waals surface area contributed by atoms with E-state index in [0.717, 1.165) is 10.9 Å². The molecule has 0 aliphatic carbocycles. The molecular weight excluding hydrogens is 338 g/mol. The molecule has 5 heteroatoms. The van der Waals surface area contributed by atoms with Crippen molar-refractivity contribution in [2.75, 3.05) is 7.11 Å². The van der Waals surface area contributed by atoms with Gasteiger partial charge in [-0.3, -0.25) is 4.79 Å². The Kier molecular flexibility index (Phi) is 5.27. The van der Waals surface area contributed by atoms with Gasteiger partial charge in [0.2, 0.25) is 0 Å². The number of carbonyl (C=O) groups is 1. The third-order valence-corrected chi connectivity index (χ3v) is 3.89. The van der Waals surface area contributed by atoms with Gasteiger partial charge in [0.05, 0.1) is 12.7 Å². The molecule has 0 amide bonds. The fourth-order valence-electron chi connectivity index (χ4n) is 2.63. The monoisotopic (exact) mass is 354 g/mol. The minimum absolute atomic E-state index is 0.0914. The number of allylic oxidation sites excluding steroid dienone is 1. The summed E-state index contributed by atoms with van der Waals surface area (Å²) < 4.78 is 35.4. The van der Waals surface area contributed by atoms with Crippen LogP contribution in [0.5, 0.6) is 11.5 Å². The Balaban J connectivity index is 1.95. The summed E-state index contributed by atoms with van der Waals surface area (Å²) in [6.45, 7) is -3.02. The van der Waals surface area contributed by atoms with Gasteiger partial charge < -0.3 is 9.47 Å². The first-order chi connectivity index (χ1) is 12.6. The highest BCUT2D eigenvalue weighted by molar-refractivity contribution is 6.12. The van der Waals surface area contributed by atoms with Crippen molar-refractivity contribution in [2.24, 2.45) is 0 Å². The number of ether oxygens (including phenoxy) is 2. The highest BCUT2D eigenvalue weighted by Crippen LogP contribution is 2.32. The van der Waals surface area contributed by atoms with E-state index < -0.39 is 12.4 Å². The Bertz CT molecular complexity index is 947. The van der Waals surface area contributed by atoms with Crippen LogP contribution in [0.2, 0.25) is 0 Å². The van der Waals surface area contributed by atoms with Crippen LogP contribution in [0.4, 0.5) is 8.78 Å². The topological polar surface area (TPSA) is 35.5 Å². The molecule has 3 nitrogen and oxygen atoms in total. The lowest BCUT2D eigenvalue weighted by Crippen LogP contribution is -2.07. The van der Waals surface area contributed by atoms with Crippen LogP contribution in [0, 0.1) is 0 Å². The van der Waals surface area contributed by atoms with Crippen LogP contribution in [-0.4, -0.2) is 19.5 Å². The number of alkyl halides is 2. The number of carbonyl (C=O) groups excluding carboxylic acids is 1. The van der Waals surface area contributed by atoms with E-state index in [1.54, 1.807) is 67.8 Å². The van der Waals surface area contributed by atoms with Crippen molar-refractivity contribution < 1.29 is 23.0 Å². The molecule has 0 bridgehead atoms. The van der Waals surface area contributed by atoms with Crippen molar-refractivity contribution in [3.8, 4) is 11.5 Å². The van der Waals surface area contributed by atoms with Gasteiger partial charge in [0.1, 0.15) is 11.5 Å². The fraction of sp³-hybridized carbons (Fsp3) is 0.0952. The summed E-state index contributed by atoms with van der Waals surface area (Å²) in [4.78, 5) is 12.6. The summed E-state index contributed by atoms with van der Waals surface area (Å²) in [7, 11) is 1.57. The van der Waals surface area contributed by atoms with Crippen LogP contribution in [0.25, 0.3) is 16.8 Å². The molecular formula is C21H16F2O3. The molecule has 3 rings (SSSR count). The van der Waals surface area contributed by atoms with E-state index in [9.17, 15) is 13.6 Å². The molecule has 0 unspecified atom stereocenters. The Labute approximate surface area is 149 Å². The second-order valence-electron chi connectivity index (χ2n) is 5.51. The summed E-state index contributed by atoms with van der Waals surface area (Å²) >= 11 is 0. The van der Waals surface area contributed by atoms with Crippen LogP contribution in [-0.2, 0) is 0 Å². The molecule has 0 saturated carbocycles. The number of fused-ring (bicyclic) bond motifs is 1. The maximum absolute atomic E-state index is 12.9. The third kappa shape index (κ3) is 3.88.